The van der Waals surface area contributed by atoms with Crippen LogP contribution in [-0.2, 0) is 0 Å². The second-order valence-corrected chi connectivity index (χ2v) is 4.95. The molecule has 4 heteroatoms. The Balaban J connectivity index is 2.14. The number of hydrogen-bond acceptors (Lipinski definition) is 3. The molecule has 2 atom stereocenters. The van der Waals surface area contributed by atoms with Crippen molar-refractivity contribution < 1.29 is 19.5 Å². The predicted octanol–water partition coefficient (Wildman–Crippen LogP) is 2.35. The van der Waals surface area contributed by atoms with Crippen LogP contribution in [0, 0.1) is 11.8 Å². The fraction of sp³-hybridized carbons (Fsp3) is 0.267. The molecule has 96 valence electrons. The Kier molecular flexibility index (Phi) is 2.59. The highest BCUT2D eigenvalue weighted by Gasteiger charge is 2.41. The summed E-state index contributed by atoms with van der Waals surface area (Å²) < 4.78 is 0. The Hall–Kier alpha value is -2.23. The van der Waals surface area contributed by atoms with Gasteiger partial charge in [-0.05, 0) is 31.0 Å². The van der Waals surface area contributed by atoms with Crippen LogP contribution in [-0.4, -0.2) is 22.6 Å². The van der Waals surface area contributed by atoms with Crippen LogP contribution in [0.25, 0.3) is 0 Å². The first-order chi connectivity index (χ1) is 9.09. The van der Waals surface area contributed by atoms with Crippen molar-refractivity contribution in [3.8, 4) is 0 Å². The van der Waals surface area contributed by atoms with Crippen LogP contribution in [0.2, 0.25) is 0 Å². The molecule has 1 N–H and O–H groups in total. The van der Waals surface area contributed by atoms with Gasteiger partial charge in [0.05, 0.1) is 5.56 Å². The second kappa shape index (κ2) is 4.16. The molecule has 0 fully saturated rings. The number of allylic oxidation sites excluding steroid dienone is 2. The highest BCUT2D eigenvalue weighted by atomic mass is 16.4. The summed E-state index contributed by atoms with van der Waals surface area (Å²) in [5.74, 6) is -1.84. The molecule has 0 amide bonds. The summed E-state index contributed by atoms with van der Waals surface area (Å²) in [5, 5.41) is 8.96. The van der Waals surface area contributed by atoms with Gasteiger partial charge in [0.15, 0.2) is 11.6 Å². The molecule has 2 aliphatic rings. The third kappa shape index (κ3) is 1.71. The first-order valence-corrected chi connectivity index (χ1v) is 6.20. The average molecular weight is 256 g/mol. The van der Waals surface area contributed by atoms with E-state index in [1.165, 1.54) is 18.2 Å². The molecule has 4 nitrogen and oxygen atoms in total. The van der Waals surface area contributed by atoms with E-state index in [4.69, 9.17) is 5.11 Å². The van der Waals surface area contributed by atoms with Crippen LogP contribution in [0.1, 0.15) is 43.9 Å². The summed E-state index contributed by atoms with van der Waals surface area (Å²) in [6, 6.07) is 4.17. The van der Waals surface area contributed by atoms with Gasteiger partial charge >= 0.3 is 5.97 Å². The SMILES string of the molecule is O=C(O)c1ccc2c(c1)C(=O)C1CC=CCC1C2=O. The Morgan fingerprint density at radius 3 is 2.16 bits per heavy atom. The van der Waals surface area contributed by atoms with E-state index < -0.39 is 5.97 Å². The molecule has 0 heterocycles. The Labute approximate surface area is 109 Å². The smallest absolute Gasteiger partial charge is 0.335 e. The second-order valence-electron chi connectivity index (χ2n) is 4.95. The summed E-state index contributed by atoms with van der Waals surface area (Å²) in [6.45, 7) is 0. The third-order valence-electron chi connectivity index (χ3n) is 3.90. The molecule has 0 bridgehead atoms. The number of carbonyl (C=O) groups excluding carboxylic acids is 2. The maximum atomic E-state index is 12.4. The van der Waals surface area contributed by atoms with Gasteiger partial charge in [0, 0.05) is 23.0 Å². The quantitative estimate of drug-likeness (QED) is 0.783. The topological polar surface area (TPSA) is 71.4 Å². The molecule has 0 spiro atoms. The van der Waals surface area contributed by atoms with Crippen molar-refractivity contribution >= 4 is 17.5 Å². The first-order valence-electron chi connectivity index (χ1n) is 6.20. The lowest BCUT2D eigenvalue weighted by Crippen LogP contribution is -2.37. The summed E-state index contributed by atoms with van der Waals surface area (Å²) in [5.41, 5.74) is 0.678. The van der Waals surface area contributed by atoms with Crippen LogP contribution < -0.4 is 0 Å². The molecule has 2 aliphatic carbocycles. The summed E-state index contributed by atoms with van der Waals surface area (Å²) in [6.07, 6.45) is 5.00. The molecule has 0 aromatic heterocycles. The van der Waals surface area contributed by atoms with E-state index in [2.05, 4.69) is 0 Å². The van der Waals surface area contributed by atoms with Gasteiger partial charge in [-0.2, -0.15) is 0 Å². The largest absolute Gasteiger partial charge is 0.478 e. The Morgan fingerprint density at radius 2 is 1.58 bits per heavy atom. The highest BCUT2D eigenvalue weighted by Crippen LogP contribution is 2.37. The van der Waals surface area contributed by atoms with E-state index in [9.17, 15) is 14.4 Å². The minimum Gasteiger partial charge on any atom is -0.478 e. The summed E-state index contributed by atoms with van der Waals surface area (Å²) in [7, 11) is 0. The van der Waals surface area contributed by atoms with E-state index in [0.29, 0.717) is 18.4 Å². The van der Waals surface area contributed by atoms with Gasteiger partial charge in [-0.1, -0.05) is 12.2 Å². The lowest BCUT2D eigenvalue weighted by molar-refractivity contribution is 0.0694. The van der Waals surface area contributed by atoms with E-state index in [-0.39, 0.29) is 34.5 Å². The minimum absolute atomic E-state index is 0.0408. The van der Waals surface area contributed by atoms with Crippen molar-refractivity contribution in [3.63, 3.8) is 0 Å². The molecule has 1 aromatic rings. The van der Waals surface area contributed by atoms with Crippen LogP contribution in [0.3, 0.4) is 0 Å². The van der Waals surface area contributed by atoms with Crippen LogP contribution in [0.5, 0.6) is 0 Å². The molecular weight excluding hydrogens is 244 g/mol. The summed E-state index contributed by atoms with van der Waals surface area (Å²) >= 11 is 0. The Bertz CT molecular complexity index is 627. The van der Waals surface area contributed by atoms with Crippen molar-refractivity contribution in [1.82, 2.24) is 0 Å². The van der Waals surface area contributed by atoms with Crippen molar-refractivity contribution in [2.75, 3.05) is 0 Å². The number of ketones is 2. The fourth-order valence-electron chi connectivity index (χ4n) is 2.89. The number of rotatable bonds is 1. The van der Waals surface area contributed by atoms with Gasteiger partial charge < -0.3 is 5.11 Å². The van der Waals surface area contributed by atoms with Crippen LogP contribution in [0.15, 0.2) is 30.4 Å². The lowest BCUT2D eigenvalue weighted by atomic mass is 9.69. The van der Waals surface area contributed by atoms with E-state index >= 15 is 0 Å². The van der Waals surface area contributed by atoms with Gasteiger partial charge in [0.1, 0.15) is 0 Å². The van der Waals surface area contributed by atoms with Crippen molar-refractivity contribution in [3.05, 3.63) is 47.0 Å². The predicted molar refractivity (Wildman–Crippen MR) is 67.4 cm³/mol. The average Bonchev–Trinajstić information content (AvgIpc) is 2.44. The summed E-state index contributed by atoms with van der Waals surface area (Å²) in [4.78, 5) is 35.7. The molecule has 1 aromatic carbocycles. The standard InChI is InChI=1S/C15H12O4/c16-13-9-3-1-2-4-10(9)14(17)12-7-8(15(18)19)5-6-11(12)13/h1-2,5-7,9-10H,3-4H2,(H,18,19). The Morgan fingerprint density at radius 1 is 1.00 bits per heavy atom. The monoisotopic (exact) mass is 256 g/mol. The van der Waals surface area contributed by atoms with Crippen LogP contribution in [0.4, 0.5) is 0 Å². The number of Topliss-reactive ketones (excluding diaryl/α,β-unsaturated/α-hetero) is 2. The van der Waals surface area contributed by atoms with Crippen molar-refractivity contribution in [2.24, 2.45) is 11.8 Å². The van der Waals surface area contributed by atoms with Crippen LogP contribution >= 0.6 is 0 Å². The van der Waals surface area contributed by atoms with Gasteiger partial charge in [0.2, 0.25) is 0 Å². The van der Waals surface area contributed by atoms with Gasteiger partial charge in [0.25, 0.3) is 0 Å². The van der Waals surface area contributed by atoms with Gasteiger partial charge in [-0.15, -0.1) is 0 Å². The fourth-order valence-corrected chi connectivity index (χ4v) is 2.89. The van der Waals surface area contributed by atoms with E-state index in [1.54, 1.807) is 0 Å². The van der Waals surface area contributed by atoms with Crippen molar-refractivity contribution in [2.45, 2.75) is 12.8 Å². The molecule has 3 rings (SSSR count). The third-order valence-corrected chi connectivity index (χ3v) is 3.90. The molecule has 0 aliphatic heterocycles. The van der Waals surface area contributed by atoms with E-state index in [0.717, 1.165) is 0 Å². The maximum absolute atomic E-state index is 12.4. The van der Waals surface area contributed by atoms with Gasteiger partial charge in [-0.3, -0.25) is 9.59 Å². The first kappa shape index (κ1) is 11.8. The number of carboxylic acids is 1. The number of aromatic carboxylic acids is 1. The molecule has 19 heavy (non-hydrogen) atoms. The molecule has 0 saturated carbocycles. The normalized spacial score (nSPS) is 24.8. The number of benzene rings is 1. The number of carbonyl (C=O) groups is 3. The zero-order valence-corrected chi connectivity index (χ0v) is 10.1. The minimum atomic E-state index is -1.09. The van der Waals surface area contributed by atoms with E-state index in [1.807, 2.05) is 12.2 Å². The van der Waals surface area contributed by atoms with Crippen molar-refractivity contribution in [1.29, 1.82) is 0 Å². The number of fused-ring (bicyclic) bond motifs is 2. The lowest BCUT2D eigenvalue weighted by Gasteiger charge is -2.31. The maximum Gasteiger partial charge on any atom is 0.335 e. The number of hydrogen-bond donors (Lipinski definition) is 1. The molecule has 0 saturated heterocycles. The zero-order valence-electron chi connectivity index (χ0n) is 10.1. The number of carboxylic acid groups (broad SMARTS) is 1. The highest BCUT2D eigenvalue weighted by molar-refractivity contribution is 6.16. The molecular formula is C15H12O4. The molecule has 0 radical (unpaired) electrons. The zero-order chi connectivity index (χ0) is 13.6. The van der Waals surface area contributed by atoms with Gasteiger partial charge in [-0.25, -0.2) is 4.79 Å². The molecule has 2 unspecified atom stereocenters.